The molecule has 3 rings (SSSR count). The molecular weight excluding hydrogens is 430 g/mol. The summed E-state index contributed by atoms with van der Waals surface area (Å²) in [4.78, 5) is 27.3. The lowest BCUT2D eigenvalue weighted by Crippen LogP contribution is -2.09. The van der Waals surface area contributed by atoms with E-state index in [0.717, 1.165) is 22.4 Å². The van der Waals surface area contributed by atoms with Gasteiger partial charge in [0.25, 0.3) is 5.69 Å². The number of nitrogens with zero attached hydrogens (tertiary/aromatic N) is 3. The third kappa shape index (κ3) is 4.05. The SMILES string of the molecule is COCCn1c(Cc2ccc(Br)c([N+](=O)[O-])c2)nc2ccc(C(=O)OC)cc21. The quantitative estimate of drug-likeness (QED) is 0.311. The lowest BCUT2D eigenvalue weighted by atomic mass is 10.1. The molecule has 0 atom stereocenters. The van der Waals surface area contributed by atoms with Crippen molar-refractivity contribution in [2.75, 3.05) is 20.8 Å². The molecule has 0 aliphatic heterocycles. The first-order chi connectivity index (χ1) is 13.4. The Morgan fingerprint density at radius 1 is 1.25 bits per heavy atom. The van der Waals surface area contributed by atoms with Crippen LogP contribution in [-0.4, -0.2) is 41.3 Å². The number of hydrogen-bond acceptors (Lipinski definition) is 6. The van der Waals surface area contributed by atoms with E-state index in [9.17, 15) is 14.9 Å². The summed E-state index contributed by atoms with van der Waals surface area (Å²) in [5.74, 6) is 0.303. The van der Waals surface area contributed by atoms with Crippen molar-refractivity contribution in [3.05, 3.63) is 67.9 Å². The highest BCUT2D eigenvalue weighted by atomic mass is 79.9. The first-order valence-electron chi connectivity index (χ1n) is 8.43. The number of methoxy groups -OCH3 is 2. The third-order valence-corrected chi connectivity index (χ3v) is 5.01. The van der Waals surface area contributed by atoms with Gasteiger partial charge in [0.15, 0.2) is 0 Å². The van der Waals surface area contributed by atoms with E-state index in [0.29, 0.717) is 29.6 Å². The summed E-state index contributed by atoms with van der Waals surface area (Å²) in [6, 6.07) is 10.2. The number of carbonyl (C=O) groups excluding carboxylic acids is 1. The molecule has 0 aliphatic carbocycles. The Balaban J connectivity index is 2.05. The number of esters is 1. The van der Waals surface area contributed by atoms with Crippen molar-refractivity contribution >= 4 is 38.6 Å². The number of fused-ring (bicyclic) bond motifs is 1. The first-order valence-corrected chi connectivity index (χ1v) is 9.23. The predicted molar refractivity (Wildman–Crippen MR) is 107 cm³/mol. The number of nitro groups is 1. The Kier molecular flexibility index (Phi) is 6.05. The van der Waals surface area contributed by atoms with E-state index < -0.39 is 10.9 Å². The summed E-state index contributed by atoms with van der Waals surface area (Å²) in [5, 5.41) is 11.2. The largest absolute Gasteiger partial charge is 0.465 e. The highest BCUT2D eigenvalue weighted by Crippen LogP contribution is 2.27. The number of carbonyl (C=O) groups is 1. The summed E-state index contributed by atoms with van der Waals surface area (Å²) in [7, 11) is 2.94. The number of nitro benzene ring substituents is 1. The standard InChI is InChI=1S/C19H18BrN3O5/c1-27-8-7-22-17-11-13(19(24)28-2)4-6-15(17)21-18(22)10-12-3-5-14(20)16(9-12)23(25)26/h3-6,9,11H,7-8,10H2,1-2H3. The summed E-state index contributed by atoms with van der Waals surface area (Å²) in [5.41, 5.74) is 2.70. The van der Waals surface area contributed by atoms with Crippen molar-refractivity contribution in [1.82, 2.24) is 9.55 Å². The molecule has 0 saturated carbocycles. The van der Waals surface area contributed by atoms with Crippen LogP contribution < -0.4 is 0 Å². The summed E-state index contributed by atoms with van der Waals surface area (Å²) in [6.07, 6.45) is 0.403. The topological polar surface area (TPSA) is 96.5 Å². The average Bonchev–Trinajstić information content (AvgIpc) is 3.03. The zero-order chi connectivity index (χ0) is 20.3. The maximum Gasteiger partial charge on any atom is 0.337 e. The van der Waals surface area contributed by atoms with Crippen LogP contribution in [0.5, 0.6) is 0 Å². The fourth-order valence-electron chi connectivity index (χ4n) is 2.98. The van der Waals surface area contributed by atoms with Gasteiger partial charge < -0.3 is 14.0 Å². The molecule has 28 heavy (non-hydrogen) atoms. The molecule has 1 heterocycles. The number of halogens is 1. The molecule has 0 fully saturated rings. The molecular formula is C19H18BrN3O5. The van der Waals surface area contributed by atoms with E-state index in [2.05, 4.69) is 20.9 Å². The first kappa shape index (κ1) is 20.0. The number of hydrogen-bond donors (Lipinski definition) is 0. The zero-order valence-electron chi connectivity index (χ0n) is 15.3. The van der Waals surface area contributed by atoms with E-state index in [1.54, 1.807) is 31.4 Å². The molecule has 0 spiro atoms. The number of benzene rings is 2. The summed E-state index contributed by atoms with van der Waals surface area (Å²) >= 11 is 3.20. The van der Waals surface area contributed by atoms with E-state index in [1.807, 2.05) is 10.6 Å². The molecule has 0 radical (unpaired) electrons. The van der Waals surface area contributed by atoms with Crippen molar-refractivity contribution in [1.29, 1.82) is 0 Å². The molecule has 2 aromatic carbocycles. The van der Waals surface area contributed by atoms with Crippen LogP contribution in [0.25, 0.3) is 11.0 Å². The zero-order valence-corrected chi connectivity index (χ0v) is 16.9. The van der Waals surface area contributed by atoms with Crippen LogP contribution in [0, 0.1) is 10.1 Å². The van der Waals surface area contributed by atoms with Crippen LogP contribution in [0.1, 0.15) is 21.7 Å². The highest BCUT2D eigenvalue weighted by Gasteiger charge is 2.17. The fourth-order valence-corrected chi connectivity index (χ4v) is 3.37. The lowest BCUT2D eigenvalue weighted by molar-refractivity contribution is -0.385. The maximum atomic E-state index is 11.9. The number of ether oxygens (including phenoxy) is 2. The molecule has 0 N–H and O–H groups in total. The van der Waals surface area contributed by atoms with Crippen molar-refractivity contribution < 1.29 is 19.2 Å². The van der Waals surface area contributed by atoms with Crippen molar-refractivity contribution in [3.8, 4) is 0 Å². The second-order valence-electron chi connectivity index (χ2n) is 6.09. The minimum atomic E-state index is -0.426. The maximum absolute atomic E-state index is 11.9. The van der Waals surface area contributed by atoms with E-state index in [1.165, 1.54) is 13.2 Å². The Labute approximate surface area is 169 Å². The summed E-state index contributed by atoms with van der Waals surface area (Å²) in [6.45, 7) is 0.993. The molecule has 0 bridgehead atoms. The van der Waals surface area contributed by atoms with Gasteiger partial charge in [-0.1, -0.05) is 6.07 Å². The van der Waals surface area contributed by atoms with Gasteiger partial charge in [-0.25, -0.2) is 9.78 Å². The van der Waals surface area contributed by atoms with Crippen molar-refractivity contribution in [2.24, 2.45) is 0 Å². The number of rotatable bonds is 7. The molecule has 0 unspecified atom stereocenters. The normalized spacial score (nSPS) is 11.0. The Bertz CT molecular complexity index is 1050. The van der Waals surface area contributed by atoms with Gasteiger partial charge in [0.1, 0.15) is 5.82 Å². The fraction of sp³-hybridized carbons (Fsp3) is 0.263. The van der Waals surface area contributed by atoms with Gasteiger partial charge in [-0.15, -0.1) is 0 Å². The predicted octanol–water partition coefficient (Wildman–Crippen LogP) is 3.73. The second-order valence-corrected chi connectivity index (χ2v) is 6.94. The summed E-state index contributed by atoms with van der Waals surface area (Å²) < 4.78 is 12.4. The van der Waals surface area contributed by atoms with Crippen molar-refractivity contribution in [3.63, 3.8) is 0 Å². The van der Waals surface area contributed by atoms with Gasteiger partial charge >= 0.3 is 5.97 Å². The van der Waals surface area contributed by atoms with Crippen LogP contribution in [0.3, 0.4) is 0 Å². The van der Waals surface area contributed by atoms with E-state index in [4.69, 9.17) is 9.47 Å². The minimum Gasteiger partial charge on any atom is -0.465 e. The van der Waals surface area contributed by atoms with Gasteiger partial charge in [0.2, 0.25) is 0 Å². The third-order valence-electron chi connectivity index (χ3n) is 4.34. The van der Waals surface area contributed by atoms with Crippen LogP contribution in [0.2, 0.25) is 0 Å². The van der Waals surface area contributed by atoms with Crippen LogP contribution in [-0.2, 0) is 22.4 Å². The molecule has 0 saturated heterocycles. The van der Waals surface area contributed by atoms with Gasteiger partial charge in [0.05, 0.1) is 39.7 Å². The highest BCUT2D eigenvalue weighted by molar-refractivity contribution is 9.10. The monoisotopic (exact) mass is 447 g/mol. The molecule has 0 amide bonds. The molecule has 146 valence electrons. The van der Waals surface area contributed by atoms with Crippen LogP contribution >= 0.6 is 15.9 Å². The number of aromatic nitrogens is 2. The smallest absolute Gasteiger partial charge is 0.337 e. The molecule has 9 heteroatoms. The van der Waals surface area contributed by atoms with E-state index in [-0.39, 0.29) is 5.69 Å². The average molecular weight is 448 g/mol. The van der Waals surface area contributed by atoms with E-state index >= 15 is 0 Å². The Morgan fingerprint density at radius 2 is 2.04 bits per heavy atom. The van der Waals surface area contributed by atoms with Crippen LogP contribution in [0.15, 0.2) is 40.9 Å². The minimum absolute atomic E-state index is 0.00466. The number of imidazole rings is 1. The van der Waals surface area contributed by atoms with Gasteiger partial charge in [-0.05, 0) is 45.8 Å². The van der Waals surface area contributed by atoms with Crippen LogP contribution in [0.4, 0.5) is 5.69 Å². The van der Waals surface area contributed by atoms with Gasteiger partial charge in [-0.2, -0.15) is 0 Å². The molecule has 0 aliphatic rings. The lowest BCUT2D eigenvalue weighted by Gasteiger charge is -2.09. The second kappa shape index (κ2) is 8.49. The Morgan fingerprint density at radius 3 is 2.71 bits per heavy atom. The molecule has 3 aromatic rings. The molecule has 1 aromatic heterocycles. The van der Waals surface area contributed by atoms with Gasteiger partial charge in [0, 0.05) is 26.1 Å². The van der Waals surface area contributed by atoms with Gasteiger partial charge in [-0.3, -0.25) is 10.1 Å². The van der Waals surface area contributed by atoms with Crippen molar-refractivity contribution in [2.45, 2.75) is 13.0 Å². The Hall–Kier alpha value is -2.78. The molecule has 8 nitrogen and oxygen atoms in total.